The minimum atomic E-state index is -0.961. The number of carboxylic acids is 1. The average Bonchev–Trinajstić information content (AvgIpc) is 2.67. The fourth-order valence-corrected chi connectivity index (χ4v) is 2.31. The third kappa shape index (κ3) is 5.70. The van der Waals surface area contributed by atoms with Gasteiger partial charge in [0.1, 0.15) is 6.61 Å². The van der Waals surface area contributed by atoms with E-state index in [9.17, 15) is 9.59 Å². The van der Waals surface area contributed by atoms with E-state index in [-0.39, 0.29) is 5.91 Å². The number of aromatic nitrogens is 1. The van der Waals surface area contributed by atoms with Gasteiger partial charge in [-0.3, -0.25) is 14.6 Å². The first-order valence-electron chi connectivity index (χ1n) is 8.74. The molecule has 0 bridgehead atoms. The Morgan fingerprint density at radius 1 is 1.19 bits per heavy atom. The lowest BCUT2D eigenvalue weighted by atomic mass is 10.0. The Balaban J connectivity index is 2.11. The number of carbonyl (C=O) groups excluding carboxylic acids is 1. The van der Waals surface area contributed by atoms with Crippen molar-refractivity contribution < 1.29 is 24.2 Å². The van der Waals surface area contributed by atoms with Crippen LogP contribution in [0.1, 0.15) is 36.7 Å². The Kier molecular flexibility index (Phi) is 7.16. The molecule has 2 rings (SSSR count). The predicted octanol–water partition coefficient (Wildman–Crippen LogP) is 2.90. The Hall–Kier alpha value is -3.09. The van der Waals surface area contributed by atoms with E-state index < -0.39 is 17.9 Å². The summed E-state index contributed by atoms with van der Waals surface area (Å²) in [6, 6.07) is 8.10. The molecule has 2 atom stereocenters. The predicted molar refractivity (Wildman–Crippen MR) is 99.9 cm³/mol. The third-order valence-electron chi connectivity index (χ3n) is 4.12. The second-order valence-electron chi connectivity index (χ2n) is 6.13. The molecule has 0 spiro atoms. The standard InChI is InChI=1S/C20H24N2O5/c1-4-26-18-10-16(19(23)22-14(3)13(2)20(24)25)7-8-17(18)27-12-15-6-5-9-21-11-15/h5-11,13-14H,4,12H2,1-3H3,(H,22,23)(H,24,25). The Morgan fingerprint density at radius 2 is 1.96 bits per heavy atom. The van der Waals surface area contributed by atoms with Crippen molar-refractivity contribution in [3.05, 3.63) is 53.9 Å². The van der Waals surface area contributed by atoms with Gasteiger partial charge < -0.3 is 19.9 Å². The first-order valence-corrected chi connectivity index (χ1v) is 8.74. The first-order chi connectivity index (χ1) is 12.9. The molecule has 1 heterocycles. The lowest BCUT2D eigenvalue weighted by Gasteiger charge is -2.18. The monoisotopic (exact) mass is 372 g/mol. The molecule has 27 heavy (non-hydrogen) atoms. The van der Waals surface area contributed by atoms with Gasteiger partial charge in [0.25, 0.3) is 5.91 Å². The molecule has 1 aromatic carbocycles. The van der Waals surface area contributed by atoms with Gasteiger partial charge in [0, 0.05) is 29.6 Å². The number of ether oxygens (including phenoxy) is 2. The molecule has 0 aliphatic carbocycles. The smallest absolute Gasteiger partial charge is 0.308 e. The highest BCUT2D eigenvalue weighted by Crippen LogP contribution is 2.29. The summed E-state index contributed by atoms with van der Waals surface area (Å²) in [6.45, 7) is 5.79. The largest absolute Gasteiger partial charge is 0.490 e. The van der Waals surface area contributed by atoms with Gasteiger partial charge >= 0.3 is 5.97 Å². The zero-order valence-electron chi connectivity index (χ0n) is 15.6. The summed E-state index contributed by atoms with van der Waals surface area (Å²) >= 11 is 0. The highest BCUT2D eigenvalue weighted by atomic mass is 16.5. The van der Waals surface area contributed by atoms with Crippen molar-refractivity contribution in [1.29, 1.82) is 0 Å². The molecule has 1 amide bonds. The Bertz CT molecular complexity index is 779. The van der Waals surface area contributed by atoms with Gasteiger partial charge in [-0.1, -0.05) is 6.07 Å². The van der Waals surface area contributed by atoms with Gasteiger partial charge in [0.05, 0.1) is 12.5 Å². The average molecular weight is 372 g/mol. The molecule has 0 aliphatic rings. The molecule has 7 heteroatoms. The summed E-state index contributed by atoms with van der Waals surface area (Å²) in [6.07, 6.45) is 3.40. The number of benzene rings is 1. The van der Waals surface area contributed by atoms with Crippen molar-refractivity contribution in [2.24, 2.45) is 5.92 Å². The van der Waals surface area contributed by atoms with Crippen molar-refractivity contribution in [3.63, 3.8) is 0 Å². The second-order valence-corrected chi connectivity index (χ2v) is 6.13. The first kappa shape index (κ1) is 20.2. The molecule has 2 N–H and O–H groups in total. The van der Waals surface area contributed by atoms with Crippen LogP contribution >= 0.6 is 0 Å². The molecular formula is C20H24N2O5. The maximum Gasteiger partial charge on any atom is 0.308 e. The van der Waals surface area contributed by atoms with Crippen LogP contribution in [0.3, 0.4) is 0 Å². The van der Waals surface area contributed by atoms with Crippen LogP contribution in [0.15, 0.2) is 42.7 Å². The molecule has 0 saturated heterocycles. The normalized spacial score (nSPS) is 12.7. The fourth-order valence-electron chi connectivity index (χ4n) is 2.31. The van der Waals surface area contributed by atoms with Gasteiger partial charge in [-0.15, -0.1) is 0 Å². The van der Waals surface area contributed by atoms with Crippen LogP contribution in [0.5, 0.6) is 11.5 Å². The minimum absolute atomic E-state index is 0.326. The van der Waals surface area contributed by atoms with E-state index in [1.54, 1.807) is 44.4 Å². The molecule has 0 saturated carbocycles. The van der Waals surface area contributed by atoms with E-state index in [4.69, 9.17) is 14.6 Å². The molecule has 0 aliphatic heterocycles. The van der Waals surface area contributed by atoms with Gasteiger partial charge in [-0.05, 0) is 45.0 Å². The van der Waals surface area contributed by atoms with Gasteiger partial charge in [-0.2, -0.15) is 0 Å². The summed E-state index contributed by atoms with van der Waals surface area (Å²) < 4.78 is 11.4. The molecule has 7 nitrogen and oxygen atoms in total. The number of aliphatic carboxylic acids is 1. The molecule has 2 aromatic rings. The minimum Gasteiger partial charge on any atom is -0.490 e. The van der Waals surface area contributed by atoms with Gasteiger partial charge in [0.2, 0.25) is 0 Å². The van der Waals surface area contributed by atoms with Crippen LogP contribution < -0.4 is 14.8 Å². The van der Waals surface area contributed by atoms with Crippen LogP contribution in [0, 0.1) is 5.92 Å². The van der Waals surface area contributed by atoms with Crippen molar-refractivity contribution in [2.75, 3.05) is 6.61 Å². The van der Waals surface area contributed by atoms with Crippen molar-refractivity contribution >= 4 is 11.9 Å². The number of nitrogens with zero attached hydrogens (tertiary/aromatic N) is 1. The van der Waals surface area contributed by atoms with E-state index in [0.717, 1.165) is 5.56 Å². The third-order valence-corrected chi connectivity index (χ3v) is 4.12. The van der Waals surface area contributed by atoms with Crippen LogP contribution in [-0.2, 0) is 11.4 Å². The number of nitrogens with one attached hydrogen (secondary N) is 1. The lowest BCUT2D eigenvalue weighted by Crippen LogP contribution is -2.40. The van der Waals surface area contributed by atoms with Crippen molar-refractivity contribution in [3.8, 4) is 11.5 Å². The zero-order valence-corrected chi connectivity index (χ0v) is 15.6. The fraction of sp³-hybridized carbons (Fsp3) is 0.350. The second kappa shape index (κ2) is 9.56. The summed E-state index contributed by atoms with van der Waals surface area (Å²) in [7, 11) is 0. The maximum absolute atomic E-state index is 12.4. The van der Waals surface area contributed by atoms with Crippen LogP contribution in [0.4, 0.5) is 0 Å². The lowest BCUT2D eigenvalue weighted by molar-refractivity contribution is -0.141. The maximum atomic E-state index is 12.4. The van der Waals surface area contributed by atoms with Crippen LogP contribution in [-0.4, -0.2) is 34.6 Å². The van der Waals surface area contributed by atoms with E-state index in [0.29, 0.717) is 30.3 Å². The van der Waals surface area contributed by atoms with E-state index in [1.165, 1.54) is 0 Å². The van der Waals surface area contributed by atoms with Gasteiger partial charge in [-0.25, -0.2) is 0 Å². The van der Waals surface area contributed by atoms with Crippen LogP contribution in [0.2, 0.25) is 0 Å². The number of rotatable bonds is 9. The van der Waals surface area contributed by atoms with Crippen molar-refractivity contribution in [2.45, 2.75) is 33.4 Å². The number of amides is 1. The van der Waals surface area contributed by atoms with Crippen LogP contribution in [0.25, 0.3) is 0 Å². The molecule has 144 valence electrons. The summed E-state index contributed by atoms with van der Waals surface area (Å²) in [4.78, 5) is 27.5. The van der Waals surface area contributed by atoms with E-state index in [1.807, 2.05) is 19.1 Å². The molecular weight excluding hydrogens is 348 g/mol. The Morgan fingerprint density at radius 3 is 2.59 bits per heavy atom. The van der Waals surface area contributed by atoms with E-state index >= 15 is 0 Å². The number of carbonyl (C=O) groups is 2. The molecule has 0 fully saturated rings. The zero-order chi connectivity index (χ0) is 19.8. The molecule has 2 unspecified atom stereocenters. The molecule has 1 aromatic heterocycles. The highest BCUT2D eigenvalue weighted by Gasteiger charge is 2.22. The topological polar surface area (TPSA) is 97.8 Å². The van der Waals surface area contributed by atoms with Gasteiger partial charge in [0.15, 0.2) is 11.5 Å². The quantitative estimate of drug-likeness (QED) is 0.702. The SMILES string of the molecule is CCOc1cc(C(=O)NC(C)C(C)C(=O)O)ccc1OCc1cccnc1. The number of hydrogen-bond acceptors (Lipinski definition) is 5. The Labute approximate surface area is 158 Å². The van der Waals surface area contributed by atoms with Crippen molar-refractivity contribution in [1.82, 2.24) is 10.3 Å². The van der Waals surface area contributed by atoms with E-state index in [2.05, 4.69) is 10.3 Å². The number of carboxylic acid groups (broad SMARTS) is 1. The number of hydrogen-bond donors (Lipinski definition) is 2. The number of pyridine rings is 1. The summed E-state index contributed by atoms with van der Waals surface area (Å²) in [5.74, 6) is -1.05. The molecule has 0 radical (unpaired) electrons. The summed E-state index contributed by atoms with van der Waals surface area (Å²) in [5, 5.41) is 11.7. The summed E-state index contributed by atoms with van der Waals surface area (Å²) in [5.41, 5.74) is 1.29. The highest BCUT2D eigenvalue weighted by molar-refractivity contribution is 5.95.